The first-order chi connectivity index (χ1) is 14.7. The molecule has 0 aliphatic carbocycles. The first kappa shape index (κ1) is 21.0. The van der Waals surface area contributed by atoms with Gasteiger partial charge in [0.05, 0.1) is 18.2 Å². The van der Waals surface area contributed by atoms with E-state index in [2.05, 4.69) is 75.8 Å². The molecule has 2 atom stereocenters. The number of piperazine rings is 1. The van der Waals surface area contributed by atoms with Crippen molar-refractivity contribution in [2.45, 2.75) is 38.0 Å². The van der Waals surface area contributed by atoms with Gasteiger partial charge in [0.2, 0.25) is 5.91 Å². The molecule has 2 aromatic carbocycles. The summed E-state index contributed by atoms with van der Waals surface area (Å²) < 4.78 is 5.62. The predicted molar refractivity (Wildman–Crippen MR) is 119 cm³/mol. The van der Waals surface area contributed by atoms with Crippen LogP contribution < -0.4 is 5.32 Å². The molecule has 160 valence electrons. The second-order valence-electron chi connectivity index (χ2n) is 8.35. The van der Waals surface area contributed by atoms with Crippen molar-refractivity contribution in [3.63, 3.8) is 0 Å². The smallest absolute Gasteiger partial charge is 0.237 e. The second-order valence-corrected chi connectivity index (χ2v) is 8.35. The van der Waals surface area contributed by atoms with E-state index in [0.29, 0.717) is 6.54 Å². The molecule has 2 aromatic rings. The topological polar surface area (TPSA) is 44.8 Å². The Balaban J connectivity index is 1.36. The number of ether oxygens (including phenoxy) is 1. The van der Waals surface area contributed by atoms with Crippen molar-refractivity contribution in [3.05, 3.63) is 71.8 Å². The van der Waals surface area contributed by atoms with E-state index in [-0.39, 0.29) is 24.1 Å². The minimum atomic E-state index is -0.111. The van der Waals surface area contributed by atoms with Gasteiger partial charge in [-0.05, 0) is 30.9 Å². The fourth-order valence-corrected chi connectivity index (χ4v) is 4.60. The number of hydrogen-bond donors (Lipinski definition) is 1. The summed E-state index contributed by atoms with van der Waals surface area (Å²) in [6.07, 6.45) is 2.34. The van der Waals surface area contributed by atoms with Crippen LogP contribution in [0.1, 0.15) is 36.9 Å². The quantitative estimate of drug-likeness (QED) is 0.766. The summed E-state index contributed by atoms with van der Waals surface area (Å²) >= 11 is 0. The summed E-state index contributed by atoms with van der Waals surface area (Å²) in [6.45, 7) is 7.15. The number of nitrogens with zero attached hydrogens (tertiary/aromatic N) is 2. The van der Waals surface area contributed by atoms with Crippen LogP contribution in [0.5, 0.6) is 0 Å². The van der Waals surface area contributed by atoms with Gasteiger partial charge in [0.25, 0.3) is 0 Å². The molecule has 0 unspecified atom stereocenters. The van der Waals surface area contributed by atoms with E-state index in [1.807, 2.05) is 6.92 Å². The molecule has 1 amide bonds. The lowest BCUT2D eigenvalue weighted by atomic mass is 9.96. The van der Waals surface area contributed by atoms with Gasteiger partial charge in [-0.1, -0.05) is 60.7 Å². The molecule has 0 aromatic heterocycles. The molecular formula is C25H33N3O2. The maximum absolute atomic E-state index is 12.6. The first-order valence-electron chi connectivity index (χ1n) is 11.2. The SMILES string of the molecule is C[C@@H](C(=O)NC[C@H]1CCCO1)N1CCN(C(c2ccccc2)c2ccccc2)CC1. The summed E-state index contributed by atoms with van der Waals surface area (Å²) in [5.74, 6) is 0.113. The largest absolute Gasteiger partial charge is 0.376 e. The number of hydrogen-bond acceptors (Lipinski definition) is 4. The molecular weight excluding hydrogens is 374 g/mol. The summed E-state index contributed by atoms with van der Waals surface area (Å²) in [5.41, 5.74) is 2.64. The number of benzene rings is 2. The van der Waals surface area contributed by atoms with Crippen molar-refractivity contribution in [1.82, 2.24) is 15.1 Å². The third kappa shape index (κ3) is 5.09. The average molecular weight is 408 g/mol. The molecule has 2 saturated heterocycles. The van der Waals surface area contributed by atoms with Crippen LogP contribution in [0.2, 0.25) is 0 Å². The van der Waals surface area contributed by atoms with Gasteiger partial charge in [-0.3, -0.25) is 14.6 Å². The van der Waals surface area contributed by atoms with Crippen molar-refractivity contribution in [1.29, 1.82) is 0 Å². The highest BCUT2D eigenvalue weighted by Crippen LogP contribution is 2.29. The van der Waals surface area contributed by atoms with Crippen LogP contribution in [0.3, 0.4) is 0 Å². The van der Waals surface area contributed by atoms with Crippen LogP contribution in [0.15, 0.2) is 60.7 Å². The summed E-state index contributed by atoms with van der Waals surface area (Å²) in [4.78, 5) is 17.5. The van der Waals surface area contributed by atoms with Crippen molar-refractivity contribution >= 4 is 5.91 Å². The Morgan fingerprint density at radius 1 is 0.967 bits per heavy atom. The van der Waals surface area contributed by atoms with E-state index in [9.17, 15) is 4.79 Å². The molecule has 4 rings (SSSR count). The minimum absolute atomic E-state index is 0.111. The van der Waals surface area contributed by atoms with Gasteiger partial charge in [-0.2, -0.15) is 0 Å². The molecule has 2 fully saturated rings. The molecule has 0 radical (unpaired) electrons. The molecule has 5 heteroatoms. The average Bonchev–Trinajstić information content (AvgIpc) is 3.33. The lowest BCUT2D eigenvalue weighted by Crippen LogP contribution is -2.55. The predicted octanol–water partition coefficient (Wildman–Crippen LogP) is 3.08. The number of amides is 1. The third-order valence-corrected chi connectivity index (χ3v) is 6.40. The zero-order valence-electron chi connectivity index (χ0n) is 17.9. The highest BCUT2D eigenvalue weighted by Gasteiger charge is 2.30. The van der Waals surface area contributed by atoms with Crippen LogP contribution in [-0.4, -0.2) is 67.2 Å². The first-order valence-corrected chi connectivity index (χ1v) is 11.2. The van der Waals surface area contributed by atoms with Gasteiger partial charge in [-0.15, -0.1) is 0 Å². The van der Waals surface area contributed by atoms with E-state index in [1.54, 1.807) is 0 Å². The van der Waals surface area contributed by atoms with Gasteiger partial charge >= 0.3 is 0 Å². The maximum Gasteiger partial charge on any atom is 0.237 e. The second kappa shape index (κ2) is 10.2. The van der Waals surface area contributed by atoms with Crippen LogP contribution >= 0.6 is 0 Å². The minimum Gasteiger partial charge on any atom is -0.376 e. The molecule has 2 aliphatic rings. The van der Waals surface area contributed by atoms with E-state index < -0.39 is 0 Å². The van der Waals surface area contributed by atoms with Crippen molar-refractivity contribution in [2.75, 3.05) is 39.3 Å². The Labute approximate surface area is 180 Å². The number of carbonyl (C=O) groups excluding carboxylic acids is 1. The van der Waals surface area contributed by atoms with E-state index >= 15 is 0 Å². The normalized spacial score (nSPS) is 21.6. The fourth-order valence-electron chi connectivity index (χ4n) is 4.60. The standard InChI is InChI=1S/C25H33N3O2/c1-20(25(29)26-19-23-13-8-18-30-23)27-14-16-28(17-15-27)24(21-9-4-2-5-10-21)22-11-6-3-7-12-22/h2-7,9-12,20,23-24H,8,13-19H2,1H3,(H,26,29)/t20-,23+/m0/s1. The monoisotopic (exact) mass is 407 g/mol. The van der Waals surface area contributed by atoms with Crippen LogP contribution in [0.25, 0.3) is 0 Å². The molecule has 0 saturated carbocycles. The molecule has 30 heavy (non-hydrogen) atoms. The number of carbonyl (C=O) groups is 1. The van der Waals surface area contributed by atoms with Crippen molar-refractivity contribution < 1.29 is 9.53 Å². The van der Waals surface area contributed by atoms with Crippen molar-refractivity contribution in [3.8, 4) is 0 Å². The van der Waals surface area contributed by atoms with E-state index in [0.717, 1.165) is 45.6 Å². The highest BCUT2D eigenvalue weighted by molar-refractivity contribution is 5.81. The summed E-state index contributed by atoms with van der Waals surface area (Å²) in [7, 11) is 0. The fraction of sp³-hybridized carbons (Fsp3) is 0.480. The molecule has 2 aliphatic heterocycles. The lowest BCUT2D eigenvalue weighted by molar-refractivity contribution is -0.127. The van der Waals surface area contributed by atoms with Crippen LogP contribution in [0.4, 0.5) is 0 Å². The maximum atomic E-state index is 12.6. The molecule has 5 nitrogen and oxygen atoms in total. The van der Waals surface area contributed by atoms with Gasteiger partial charge in [0.1, 0.15) is 0 Å². The molecule has 0 spiro atoms. The van der Waals surface area contributed by atoms with Crippen molar-refractivity contribution in [2.24, 2.45) is 0 Å². The Morgan fingerprint density at radius 2 is 1.53 bits per heavy atom. The highest BCUT2D eigenvalue weighted by atomic mass is 16.5. The zero-order chi connectivity index (χ0) is 20.8. The number of nitrogens with one attached hydrogen (secondary N) is 1. The molecule has 1 N–H and O–H groups in total. The molecule has 2 heterocycles. The van der Waals surface area contributed by atoms with E-state index in [1.165, 1.54) is 11.1 Å². The Bertz CT molecular complexity index is 745. The Kier molecular flexibility index (Phi) is 7.16. The Hall–Kier alpha value is -2.21. The lowest BCUT2D eigenvalue weighted by Gasteiger charge is -2.41. The van der Waals surface area contributed by atoms with E-state index in [4.69, 9.17) is 4.74 Å². The van der Waals surface area contributed by atoms with Gasteiger partial charge in [0, 0.05) is 39.3 Å². The summed E-state index contributed by atoms with van der Waals surface area (Å²) in [5, 5.41) is 3.09. The zero-order valence-corrected chi connectivity index (χ0v) is 17.9. The van der Waals surface area contributed by atoms with Gasteiger partial charge in [-0.25, -0.2) is 0 Å². The third-order valence-electron chi connectivity index (χ3n) is 6.40. The number of rotatable bonds is 7. The van der Waals surface area contributed by atoms with Crippen LogP contribution in [-0.2, 0) is 9.53 Å². The Morgan fingerprint density at radius 3 is 2.07 bits per heavy atom. The summed E-state index contributed by atoms with van der Waals surface area (Å²) in [6, 6.07) is 21.6. The van der Waals surface area contributed by atoms with Gasteiger partial charge in [0.15, 0.2) is 0 Å². The van der Waals surface area contributed by atoms with Gasteiger partial charge < -0.3 is 10.1 Å². The van der Waals surface area contributed by atoms with Crippen LogP contribution in [0, 0.1) is 0 Å². The molecule has 0 bridgehead atoms.